The molecule has 1 N–H and O–H groups in total. The van der Waals surface area contributed by atoms with Crippen LogP contribution in [0, 0.1) is 17.2 Å². The van der Waals surface area contributed by atoms with E-state index in [0.29, 0.717) is 18.5 Å². The Morgan fingerprint density at radius 1 is 1.59 bits per heavy atom. The van der Waals surface area contributed by atoms with Crippen LogP contribution in [0.1, 0.15) is 17.5 Å². The minimum absolute atomic E-state index is 0.242. The summed E-state index contributed by atoms with van der Waals surface area (Å²) in [6.45, 7) is 2.14. The van der Waals surface area contributed by atoms with E-state index in [9.17, 15) is 4.79 Å². The third kappa shape index (κ3) is 2.83. The lowest BCUT2D eigenvalue weighted by Crippen LogP contribution is -2.22. The second-order valence-corrected chi connectivity index (χ2v) is 4.37. The highest BCUT2D eigenvalue weighted by Crippen LogP contribution is 2.19. The SMILES string of the molecule is N#Cc1cccc(CN2CC[C@H](C(=O)O)C2)c1. The maximum atomic E-state index is 10.8. The zero-order valence-corrected chi connectivity index (χ0v) is 9.47. The Morgan fingerprint density at radius 3 is 3.06 bits per heavy atom. The number of hydrogen-bond donors (Lipinski definition) is 1. The van der Waals surface area contributed by atoms with Crippen LogP contribution in [0.15, 0.2) is 24.3 Å². The molecular weight excluding hydrogens is 216 g/mol. The van der Waals surface area contributed by atoms with Gasteiger partial charge in [-0.3, -0.25) is 9.69 Å². The molecule has 0 amide bonds. The maximum absolute atomic E-state index is 10.8. The van der Waals surface area contributed by atoms with Crippen molar-refractivity contribution in [3.05, 3.63) is 35.4 Å². The topological polar surface area (TPSA) is 64.3 Å². The fourth-order valence-electron chi connectivity index (χ4n) is 2.18. The number of aliphatic carboxylic acids is 1. The average Bonchev–Trinajstić information content (AvgIpc) is 2.78. The van der Waals surface area contributed by atoms with Gasteiger partial charge in [-0.05, 0) is 30.7 Å². The van der Waals surface area contributed by atoms with Crippen LogP contribution in [0.3, 0.4) is 0 Å². The van der Waals surface area contributed by atoms with Crippen LogP contribution in [0.4, 0.5) is 0 Å². The van der Waals surface area contributed by atoms with Crippen LogP contribution in [0.5, 0.6) is 0 Å². The van der Waals surface area contributed by atoms with Crippen molar-refractivity contribution >= 4 is 5.97 Å². The molecule has 4 heteroatoms. The van der Waals surface area contributed by atoms with Crippen LogP contribution in [-0.4, -0.2) is 29.1 Å². The van der Waals surface area contributed by atoms with Crippen LogP contribution < -0.4 is 0 Å². The first kappa shape index (κ1) is 11.6. The summed E-state index contributed by atoms with van der Waals surface area (Å²) in [5.41, 5.74) is 1.71. The first-order valence-electron chi connectivity index (χ1n) is 5.63. The molecule has 0 spiro atoms. The summed E-state index contributed by atoms with van der Waals surface area (Å²) in [6, 6.07) is 9.56. The van der Waals surface area contributed by atoms with Crippen molar-refractivity contribution in [3.8, 4) is 6.07 Å². The molecule has 1 atom stereocenters. The van der Waals surface area contributed by atoms with Crippen molar-refractivity contribution in [1.82, 2.24) is 4.90 Å². The molecule has 1 aliphatic rings. The van der Waals surface area contributed by atoms with Crippen molar-refractivity contribution in [1.29, 1.82) is 5.26 Å². The Hall–Kier alpha value is -1.86. The van der Waals surface area contributed by atoms with Gasteiger partial charge < -0.3 is 5.11 Å². The zero-order valence-electron chi connectivity index (χ0n) is 9.47. The van der Waals surface area contributed by atoms with E-state index in [0.717, 1.165) is 18.7 Å². The minimum Gasteiger partial charge on any atom is -0.481 e. The molecule has 1 fully saturated rings. The van der Waals surface area contributed by atoms with E-state index in [1.165, 1.54) is 0 Å². The van der Waals surface area contributed by atoms with Crippen LogP contribution in [-0.2, 0) is 11.3 Å². The molecule has 0 aromatic heterocycles. The summed E-state index contributed by atoms with van der Waals surface area (Å²) in [5, 5.41) is 17.7. The molecular formula is C13H14N2O2. The number of benzene rings is 1. The van der Waals surface area contributed by atoms with Crippen molar-refractivity contribution < 1.29 is 9.90 Å². The number of hydrogen-bond acceptors (Lipinski definition) is 3. The van der Waals surface area contributed by atoms with Gasteiger partial charge in [0, 0.05) is 13.1 Å². The largest absolute Gasteiger partial charge is 0.481 e. The van der Waals surface area contributed by atoms with Gasteiger partial charge in [-0.15, -0.1) is 0 Å². The number of carboxylic acid groups (broad SMARTS) is 1. The van der Waals surface area contributed by atoms with E-state index in [4.69, 9.17) is 10.4 Å². The van der Waals surface area contributed by atoms with Crippen LogP contribution >= 0.6 is 0 Å². The third-order valence-corrected chi connectivity index (χ3v) is 3.08. The molecule has 0 bridgehead atoms. The summed E-state index contributed by atoms with van der Waals surface area (Å²) in [7, 11) is 0. The molecule has 1 aliphatic heterocycles. The lowest BCUT2D eigenvalue weighted by atomic mass is 10.1. The monoisotopic (exact) mass is 230 g/mol. The molecule has 17 heavy (non-hydrogen) atoms. The molecule has 0 aliphatic carbocycles. The first-order valence-corrected chi connectivity index (χ1v) is 5.63. The molecule has 88 valence electrons. The van der Waals surface area contributed by atoms with E-state index in [2.05, 4.69) is 11.0 Å². The Balaban J connectivity index is 1.98. The highest BCUT2D eigenvalue weighted by Gasteiger charge is 2.27. The van der Waals surface area contributed by atoms with Gasteiger partial charge >= 0.3 is 5.97 Å². The van der Waals surface area contributed by atoms with Gasteiger partial charge in [0.25, 0.3) is 0 Å². The first-order chi connectivity index (χ1) is 8.19. The van der Waals surface area contributed by atoms with Crippen LogP contribution in [0.25, 0.3) is 0 Å². The smallest absolute Gasteiger partial charge is 0.307 e. The van der Waals surface area contributed by atoms with Gasteiger partial charge in [-0.2, -0.15) is 5.26 Å². The normalized spacial score (nSPS) is 20.1. The average molecular weight is 230 g/mol. The van der Waals surface area contributed by atoms with Gasteiger partial charge in [-0.25, -0.2) is 0 Å². The van der Waals surface area contributed by atoms with E-state index in [1.54, 1.807) is 6.07 Å². The maximum Gasteiger partial charge on any atom is 0.307 e. The summed E-state index contributed by atoms with van der Waals surface area (Å²) in [4.78, 5) is 13.0. The summed E-state index contributed by atoms with van der Waals surface area (Å²) >= 11 is 0. The number of carboxylic acids is 1. The molecule has 4 nitrogen and oxygen atoms in total. The van der Waals surface area contributed by atoms with Gasteiger partial charge in [0.15, 0.2) is 0 Å². The Bertz CT molecular complexity index is 465. The highest BCUT2D eigenvalue weighted by atomic mass is 16.4. The van der Waals surface area contributed by atoms with Crippen molar-refractivity contribution in [3.63, 3.8) is 0 Å². The van der Waals surface area contributed by atoms with Crippen molar-refractivity contribution in [2.45, 2.75) is 13.0 Å². The molecule has 1 saturated heterocycles. The number of carbonyl (C=O) groups is 1. The Labute approximate surface area is 100 Å². The predicted octanol–water partition coefficient (Wildman–Crippen LogP) is 1.46. The lowest BCUT2D eigenvalue weighted by molar-refractivity contribution is -0.141. The number of likely N-dealkylation sites (tertiary alicyclic amines) is 1. The summed E-state index contributed by atoms with van der Waals surface area (Å²) < 4.78 is 0. The number of nitrogens with zero attached hydrogens (tertiary/aromatic N) is 2. The molecule has 1 aromatic rings. The second-order valence-electron chi connectivity index (χ2n) is 4.37. The fourth-order valence-corrected chi connectivity index (χ4v) is 2.18. The molecule has 2 rings (SSSR count). The molecule has 0 saturated carbocycles. The quantitative estimate of drug-likeness (QED) is 0.853. The number of rotatable bonds is 3. The highest BCUT2D eigenvalue weighted by molar-refractivity contribution is 5.70. The van der Waals surface area contributed by atoms with Crippen molar-refractivity contribution in [2.24, 2.45) is 5.92 Å². The minimum atomic E-state index is -0.710. The van der Waals surface area contributed by atoms with E-state index >= 15 is 0 Å². The van der Waals surface area contributed by atoms with Gasteiger partial charge in [0.05, 0.1) is 17.6 Å². The lowest BCUT2D eigenvalue weighted by Gasteiger charge is -2.15. The zero-order chi connectivity index (χ0) is 12.3. The molecule has 1 heterocycles. The predicted molar refractivity (Wildman–Crippen MR) is 62.2 cm³/mol. The van der Waals surface area contributed by atoms with E-state index < -0.39 is 5.97 Å². The fraction of sp³-hybridized carbons (Fsp3) is 0.385. The molecule has 1 aromatic carbocycles. The number of nitriles is 1. The van der Waals surface area contributed by atoms with Crippen LogP contribution in [0.2, 0.25) is 0 Å². The van der Waals surface area contributed by atoms with Gasteiger partial charge in [0.1, 0.15) is 0 Å². The molecule has 0 unspecified atom stereocenters. The second kappa shape index (κ2) is 4.98. The standard InChI is InChI=1S/C13H14N2O2/c14-7-10-2-1-3-11(6-10)8-15-5-4-12(9-15)13(16)17/h1-3,6,12H,4-5,8-9H2,(H,16,17)/t12-/m0/s1. The summed E-state index contributed by atoms with van der Waals surface area (Å²) in [5.74, 6) is -0.951. The Morgan fingerprint density at radius 2 is 2.41 bits per heavy atom. The Kier molecular flexibility index (Phi) is 3.40. The van der Waals surface area contributed by atoms with Gasteiger partial charge in [0.2, 0.25) is 0 Å². The van der Waals surface area contributed by atoms with E-state index in [1.807, 2.05) is 18.2 Å². The summed E-state index contributed by atoms with van der Waals surface area (Å²) in [6.07, 6.45) is 0.716. The van der Waals surface area contributed by atoms with E-state index in [-0.39, 0.29) is 5.92 Å². The van der Waals surface area contributed by atoms with Crippen molar-refractivity contribution in [2.75, 3.05) is 13.1 Å². The third-order valence-electron chi connectivity index (χ3n) is 3.08. The van der Waals surface area contributed by atoms with Gasteiger partial charge in [-0.1, -0.05) is 12.1 Å². The molecule has 0 radical (unpaired) electrons.